The van der Waals surface area contributed by atoms with Crippen molar-refractivity contribution in [3.63, 3.8) is 0 Å². The predicted octanol–water partition coefficient (Wildman–Crippen LogP) is 4.21. The third-order valence-corrected chi connectivity index (χ3v) is 4.99. The van der Waals surface area contributed by atoms with Gasteiger partial charge in [-0.15, -0.1) is 0 Å². The summed E-state index contributed by atoms with van der Waals surface area (Å²) in [6.07, 6.45) is 1.34. The van der Waals surface area contributed by atoms with Gasteiger partial charge in [0.2, 0.25) is 5.91 Å². The van der Waals surface area contributed by atoms with Crippen molar-refractivity contribution in [3.8, 4) is 0 Å². The minimum Gasteiger partial charge on any atom is -0.340 e. The molecule has 3 aromatic rings. The number of amides is 2. The first-order valence-electron chi connectivity index (χ1n) is 8.50. The number of halogens is 1. The van der Waals surface area contributed by atoms with Crippen molar-refractivity contribution in [2.24, 2.45) is 7.05 Å². The number of hydrogen-bond acceptors (Lipinski definition) is 2. The van der Waals surface area contributed by atoms with Crippen molar-refractivity contribution >= 4 is 45.7 Å². The van der Waals surface area contributed by atoms with Gasteiger partial charge < -0.3 is 14.8 Å². The number of fused-ring (bicyclic) bond motifs is 1. The summed E-state index contributed by atoms with van der Waals surface area (Å²) < 4.78 is 1.86. The molecule has 2 amide bonds. The largest absolute Gasteiger partial charge is 0.340 e. The molecular formula is C20H18ClN3O2. The van der Waals surface area contributed by atoms with Gasteiger partial charge >= 0.3 is 0 Å². The number of rotatable bonds is 3. The number of para-hydroxylation sites is 1. The van der Waals surface area contributed by atoms with Gasteiger partial charge in [-0.2, -0.15) is 0 Å². The highest BCUT2D eigenvalue weighted by Crippen LogP contribution is 2.32. The summed E-state index contributed by atoms with van der Waals surface area (Å²) in [5, 5.41) is 4.44. The fraction of sp³-hybridized carbons (Fsp3) is 0.200. The minimum atomic E-state index is -0.237. The van der Waals surface area contributed by atoms with Gasteiger partial charge in [0.15, 0.2) is 0 Å². The molecule has 2 heterocycles. The summed E-state index contributed by atoms with van der Waals surface area (Å²) in [6, 6.07) is 14.9. The zero-order chi connectivity index (χ0) is 18.3. The Bertz CT molecular complexity index is 1030. The topological polar surface area (TPSA) is 54.3 Å². The van der Waals surface area contributed by atoms with Crippen LogP contribution in [0.2, 0.25) is 5.02 Å². The SMILES string of the molecule is Cn1c(C(=O)Nc2cc(Cl)ccc2N2CCCC2=O)cc2ccccc21. The van der Waals surface area contributed by atoms with Crippen LogP contribution >= 0.6 is 11.6 Å². The molecule has 5 nitrogen and oxygen atoms in total. The monoisotopic (exact) mass is 367 g/mol. The summed E-state index contributed by atoms with van der Waals surface area (Å²) >= 11 is 6.12. The van der Waals surface area contributed by atoms with Gasteiger partial charge in [0.05, 0.1) is 11.4 Å². The number of hydrogen-bond donors (Lipinski definition) is 1. The molecular weight excluding hydrogens is 350 g/mol. The quantitative estimate of drug-likeness (QED) is 0.753. The Kier molecular flexibility index (Phi) is 4.17. The third kappa shape index (κ3) is 2.84. The van der Waals surface area contributed by atoms with Crippen molar-refractivity contribution in [2.75, 3.05) is 16.8 Å². The smallest absolute Gasteiger partial charge is 0.272 e. The Morgan fingerprint density at radius 2 is 1.96 bits per heavy atom. The van der Waals surface area contributed by atoms with Gasteiger partial charge in [-0.1, -0.05) is 29.8 Å². The molecule has 1 N–H and O–H groups in total. The van der Waals surface area contributed by atoms with Crippen molar-refractivity contribution in [1.29, 1.82) is 0 Å². The van der Waals surface area contributed by atoms with Gasteiger partial charge in [0.25, 0.3) is 5.91 Å². The van der Waals surface area contributed by atoms with Gasteiger partial charge in [-0.3, -0.25) is 9.59 Å². The zero-order valence-corrected chi connectivity index (χ0v) is 15.1. The molecule has 6 heteroatoms. The highest BCUT2D eigenvalue weighted by Gasteiger charge is 2.25. The van der Waals surface area contributed by atoms with E-state index in [1.54, 1.807) is 23.1 Å². The average Bonchev–Trinajstić information content (AvgIpc) is 3.19. The molecule has 4 rings (SSSR count). The van der Waals surface area contributed by atoms with Gasteiger partial charge in [-0.25, -0.2) is 0 Å². The van der Waals surface area contributed by atoms with Crippen LogP contribution < -0.4 is 10.2 Å². The third-order valence-electron chi connectivity index (χ3n) is 4.76. The molecule has 0 saturated carbocycles. The zero-order valence-electron chi connectivity index (χ0n) is 14.3. The van der Waals surface area contributed by atoms with E-state index < -0.39 is 0 Å². The molecule has 2 aromatic carbocycles. The lowest BCUT2D eigenvalue weighted by molar-refractivity contribution is -0.117. The Morgan fingerprint density at radius 3 is 2.69 bits per heavy atom. The molecule has 0 bridgehead atoms. The van der Waals surface area contributed by atoms with Crippen LogP contribution in [0.15, 0.2) is 48.5 Å². The molecule has 0 radical (unpaired) electrons. The standard InChI is InChI=1S/C20H18ClN3O2/c1-23-16-6-3-2-5-13(16)11-18(23)20(26)22-15-12-14(21)8-9-17(15)24-10-4-7-19(24)25/h2-3,5-6,8-9,11-12H,4,7,10H2,1H3,(H,22,26). The summed E-state index contributed by atoms with van der Waals surface area (Å²) in [4.78, 5) is 26.7. The van der Waals surface area contributed by atoms with E-state index in [1.165, 1.54) is 0 Å². The molecule has 26 heavy (non-hydrogen) atoms. The Morgan fingerprint density at radius 1 is 1.15 bits per heavy atom. The highest BCUT2D eigenvalue weighted by atomic mass is 35.5. The first-order valence-corrected chi connectivity index (χ1v) is 8.88. The number of nitrogens with one attached hydrogen (secondary N) is 1. The van der Waals surface area contributed by atoms with Crippen LogP contribution in [0.5, 0.6) is 0 Å². The number of benzene rings is 2. The molecule has 1 fully saturated rings. The second-order valence-corrected chi connectivity index (χ2v) is 6.85. The molecule has 1 aliphatic heterocycles. The average molecular weight is 368 g/mol. The van der Waals surface area contributed by atoms with Crippen LogP contribution in [-0.4, -0.2) is 22.9 Å². The fourth-order valence-corrected chi connectivity index (χ4v) is 3.61. The van der Waals surface area contributed by atoms with Gasteiger partial charge in [0, 0.05) is 35.9 Å². The summed E-state index contributed by atoms with van der Waals surface area (Å²) in [7, 11) is 1.86. The lowest BCUT2D eigenvalue weighted by atomic mass is 10.2. The van der Waals surface area contributed by atoms with E-state index in [0.717, 1.165) is 17.3 Å². The van der Waals surface area contributed by atoms with Gasteiger partial charge in [-0.05, 0) is 36.8 Å². The molecule has 1 aliphatic rings. The minimum absolute atomic E-state index is 0.0624. The highest BCUT2D eigenvalue weighted by molar-refractivity contribution is 6.31. The fourth-order valence-electron chi connectivity index (χ4n) is 3.44. The molecule has 1 aromatic heterocycles. The van der Waals surface area contributed by atoms with Crippen LogP contribution in [0.4, 0.5) is 11.4 Å². The normalized spacial score (nSPS) is 14.2. The first-order chi connectivity index (χ1) is 12.5. The predicted molar refractivity (Wildman–Crippen MR) is 104 cm³/mol. The number of aryl methyl sites for hydroxylation is 1. The van der Waals surface area contributed by atoms with Crippen LogP contribution in [0.1, 0.15) is 23.3 Å². The number of carbonyl (C=O) groups excluding carboxylic acids is 2. The number of aromatic nitrogens is 1. The number of carbonyl (C=O) groups is 2. The van der Waals surface area contributed by atoms with Crippen LogP contribution in [0.25, 0.3) is 10.9 Å². The van der Waals surface area contributed by atoms with Crippen LogP contribution in [0, 0.1) is 0 Å². The van der Waals surface area contributed by atoms with Crippen molar-refractivity contribution < 1.29 is 9.59 Å². The maximum absolute atomic E-state index is 12.9. The van der Waals surface area contributed by atoms with Gasteiger partial charge in [0.1, 0.15) is 5.69 Å². The van der Waals surface area contributed by atoms with Crippen molar-refractivity contribution in [3.05, 3.63) is 59.2 Å². The Hall–Kier alpha value is -2.79. The molecule has 0 aliphatic carbocycles. The molecule has 132 valence electrons. The van der Waals surface area contributed by atoms with E-state index in [1.807, 2.05) is 41.9 Å². The van der Waals surface area contributed by atoms with Crippen LogP contribution in [0.3, 0.4) is 0 Å². The first kappa shape index (κ1) is 16.7. The van der Waals surface area contributed by atoms with E-state index in [-0.39, 0.29) is 11.8 Å². The van der Waals surface area contributed by atoms with E-state index in [0.29, 0.717) is 35.1 Å². The maximum Gasteiger partial charge on any atom is 0.272 e. The Labute approximate surface area is 156 Å². The van der Waals surface area contributed by atoms with Crippen molar-refractivity contribution in [2.45, 2.75) is 12.8 Å². The van der Waals surface area contributed by atoms with E-state index in [9.17, 15) is 9.59 Å². The van der Waals surface area contributed by atoms with Crippen LogP contribution in [-0.2, 0) is 11.8 Å². The Balaban J connectivity index is 1.70. The molecule has 0 unspecified atom stereocenters. The summed E-state index contributed by atoms with van der Waals surface area (Å²) in [6.45, 7) is 0.650. The van der Waals surface area contributed by atoms with E-state index in [2.05, 4.69) is 5.32 Å². The second-order valence-electron chi connectivity index (χ2n) is 6.41. The lowest BCUT2D eigenvalue weighted by Gasteiger charge is -2.20. The number of nitrogens with zero attached hydrogens (tertiary/aromatic N) is 2. The van der Waals surface area contributed by atoms with E-state index >= 15 is 0 Å². The molecule has 0 spiro atoms. The number of anilines is 2. The molecule has 0 atom stereocenters. The van der Waals surface area contributed by atoms with Crippen molar-refractivity contribution in [1.82, 2.24) is 4.57 Å². The van der Waals surface area contributed by atoms with E-state index in [4.69, 9.17) is 11.6 Å². The lowest BCUT2D eigenvalue weighted by Crippen LogP contribution is -2.26. The molecule has 1 saturated heterocycles. The summed E-state index contributed by atoms with van der Waals surface area (Å²) in [5.74, 6) is -0.175. The second kappa shape index (κ2) is 6.50. The maximum atomic E-state index is 12.9. The summed E-state index contributed by atoms with van der Waals surface area (Å²) in [5.41, 5.74) is 2.76.